The van der Waals surface area contributed by atoms with E-state index in [0.29, 0.717) is 73.4 Å². The summed E-state index contributed by atoms with van der Waals surface area (Å²) < 4.78 is 19.4. The Morgan fingerprint density at radius 1 is 0.650 bits per heavy atom. The van der Waals surface area contributed by atoms with Gasteiger partial charge in [0.05, 0.1) is 46.7 Å². The minimum absolute atomic E-state index is 0.0383. The van der Waals surface area contributed by atoms with Gasteiger partial charge in [-0.3, -0.25) is 28.7 Å². The van der Waals surface area contributed by atoms with Crippen LogP contribution in [0.4, 0.5) is 22.7 Å². The van der Waals surface area contributed by atoms with E-state index < -0.39 is 0 Å². The number of benzene rings is 10. The second kappa shape index (κ2) is 30.7. The second-order valence-corrected chi connectivity index (χ2v) is 25.6. The molecule has 1 aliphatic carbocycles. The summed E-state index contributed by atoms with van der Waals surface area (Å²) in [4.78, 5) is 62.7. The van der Waals surface area contributed by atoms with Crippen molar-refractivity contribution in [2.75, 3.05) is 24.3 Å². The van der Waals surface area contributed by atoms with Crippen molar-refractivity contribution in [3.05, 3.63) is 313 Å². The molecule has 1 amide bonds. The number of nitrogens with zero attached hydrogens (tertiary/aromatic N) is 4. The molecule has 0 spiro atoms. The smallest absolute Gasteiger partial charge is 0.298 e. The average Bonchev–Trinajstić information content (AvgIpc) is 1.52. The number of aryl methyl sites for hydroxylation is 4. The number of amides is 1. The van der Waals surface area contributed by atoms with Gasteiger partial charge in [-0.2, -0.15) is 0 Å². The third-order valence-electron chi connectivity index (χ3n) is 17.3. The van der Waals surface area contributed by atoms with Crippen LogP contribution in [0.3, 0.4) is 0 Å². The zero-order valence-electron chi connectivity index (χ0n) is 55.4. The first-order valence-corrected chi connectivity index (χ1v) is 33.7. The van der Waals surface area contributed by atoms with E-state index in [9.17, 15) is 24.3 Å². The van der Waals surface area contributed by atoms with E-state index in [-0.39, 0.29) is 35.8 Å². The molecule has 15 nitrogen and oxygen atoms in total. The fourth-order valence-corrected chi connectivity index (χ4v) is 13.2. The number of ketones is 2. The molecule has 0 fully saturated rings. The number of anilines is 4. The number of hydrogen-bond donors (Lipinski definition) is 4. The van der Waals surface area contributed by atoms with Gasteiger partial charge in [0.1, 0.15) is 34.5 Å². The van der Waals surface area contributed by atoms with Gasteiger partial charge in [0.2, 0.25) is 17.5 Å². The summed E-state index contributed by atoms with van der Waals surface area (Å²) in [7, 11) is 1.65. The number of para-hydroxylation sites is 4. The number of nitrogens with one attached hydrogen (secondary N) is 3. The van der Waals surface area contributed by atoms with Crippen LogP contribution in [-0.2, 0) is 22.6 Å². The molecule has 10 aromatic carbocycles. The number of halogens is 3. The van der Waals surface area contributed by atoms with Crippen LogP contribution in [0.2, 0.25) is 10.0 Å². The highest BCUT2D eigenvalue weighted by molar-refractivity contribution is 9.10. The highest BCUT2D eigenvalue weighted by Gasteiger charge is 2.36. The van der Waals surface area contributed by atoms with Crippen LogP contribution in [0.5, 0.6) is 23.0 Å². The second-order valence-electron chi connectivity index (χ2n) is 23.9. The Balaban J connectivity index is 0.000000129. The number of fused-ring (bicyclic) bond motifs is 6. The Hall–Kier alpha value is -11.1. The molecule has 1 aliphatic heterocycles. The lowest BCUT2D eigenvalue weighted by molar-refractivity contribution is -0.131. The van der Waals surface area contributed by atoms with Gasteiger partial charge in [-0.1, -0.05) is 166 Å². The molecule has 4 N–H and O–H groups in total. The van der Waals surface area contributed by atoms with Gasteiger partial charge >= 0.3 is 0 Å². The fraction of sp³-hybridized carbons (Fsp3) is 0.122. The van der Waals surface area contributed by atoms with Crippen LogP contribution >= 0.6 is 39.1 Å². The zero-order valence-corrected chi connectivity index (χ0v) is 58.5. The largest absolute Gasteiger partial charge is 0.495 e. The molecular formula is C82H68BrCl2N7O8. The molecule has 13 aromatic rings. The summed E-state index contributed by atoms with van der Waals surface area (Å²) in [6.45, 7) is 10.5. The molecule has 15 rings (SSSR count). The van der Waals surface area contributed by atoms with Gasteiger partial charge < -0.3 is 39.8 Å². The Kier molecular flexibility index (Phi) is 21.1. The predicted molar refractivity (Wildman–Crippen MR) is 400 cm³/mol. The topological polar surface area (TPSA) is 190 Å². The quantitative estimate of drug-likeness (QED) is 0.0801. The van der Waals surface area contributed by atoms with Crippen molar-refractivity contribution in [1.82, 2.24) is 24.4 Å². The zero-order chi connectivity index (χ0) is 70.1. The molecule has 3 aromatic heterocycles. The Bertz CT molecular complexity index is 5230. The van der Waals surface area contributed by atoms with Crippen LogP contribution in [0.1, 0.15) is 90.0 Å². The minimum Gasteiger partial charge on any atom is -0.495 e. The average molecular weight is 1430 g/mol. The number of ether oxygens (including phenoxy) is 3. The number of aliphatic hydroxyl groups is 1. The van der Waals surface area contributed by atoms with E-state index in [1.54, 1.807) is 79.4 Å². The predicted octanol–water partition coefficient (Wildman–Crippen LogP) is 19.5. The van der Waals surface area contributed by atoms with E-state index in [4.69, 9.17) is 37.4 Å². The minimum atomic E-state index is -0.191. The molecule has 0 radical (unpaired) electrons. The van der Waals surface area contributed by atoms with Gasteiger partial charge in [-0.25, -0.2) is 4.98 Å². The number of carbonyl (C=O) groups is 4. The van der Waals surface area contributed by atoms with Crippen molar-refractivity contribution in [3.63, 3.8) is 0 Å². The molecule has 18 heteroatoms. The van der Waals surface area contributed by atoms with E-state index in [1.165, 1.54) is 10.9 Å². The third-order valence-corrected chi connectivity index (χ3v) is 18.4. The molecule has 1 unspecified atom stereocenters. The SMILES string of the molecule is CC(=O)N1CCc2c([nH]c3ccc(Br)cc23)C1c1ccccc1.COc1cc(-c2ccc(Nc3ccccc3OC=O)c(CO)c2)ccc1Nc1ccccc1C.Cc1ccc(-n2c(C)nc3c2C(=O)c2ccccc2C3=O)cc1.Cc1ccc(Oc2ccnc3c(Cl)cccc23)c(Cl)c1. The maximum absolute atomic E-state index is 12.9. The third kappa shape index (κ3) is 14.8. The van der Waals surface area contributed by atoms with Gasteiger partial charge in [0.25, 0.3) is 6.47 Å². The first-order chi connectivity index (χ1) is 48.5. The molecular weight excluding hydrogens is 1360 g/mol. The highest BCUT2D eigenvalue weighted by Crippen LogP contribution is 2.41. The van der Waals surface area contributed by atoms with Gasteiger partial charge in [0.15, 0.2) is 5.75 Å². The van der Waals surface area contributed by atoms with Gasteiger partial charge in [-0.15, -0.1) is 0 Å². The van der Waals surface area contributed by atoms with Crippen LogP contribution < -0.4 is 24.8 Å². The number of pyridine rings is 1. The van der Waals surface area contributed by atoms with E-state index in [1.807, 2.05) is 165 Å². The van der Waals surface area contributed by atoms with Gasteiger partial charge in [-0.05, 0) is 171 Å². The maximum Gasteiger partial charge on any atom is 0.298 e. The first kappa shape index (κ1) is 68.8. The maximum atomic E-state index is 12.9. The van der Waals surface area contributed by atoms with Crippen LogP contribution in [-0.4, -0.2) is 67.1 Å². The molecule has 0 bridgehead atoms. The Morgan fingerprint density at radius 2 is 1.32 bits per heavy atom. The van der Waals surface area contributed by atoms with E-state index >= 15 is 0 Å². The summed E-state index contributed by atoms with van der Waals surface area (Å²) >= 11 is 15.9. The van der Waals surface area contributed by atoms with Crippen molar-refractivity contribution in [2.24, 2.45) is 0 Å². The van der Waals surface area contributed by atoms with Crippen molar-refractivity contribution in [3.8, 4) is 39.8 Å². The first-order valence-electron chi connectivity index (χ1n) is 32.2. The number of aromatic nitrogens is 4. The van der Waals surface area contributed by atoms with Crippen LogP contribution in [0.15, 0.2) is 235 Å². The number of methoxy groups -OCH3 is 1. The van der Waals surface area contributed by atoms with Crippen molar-refractivity contribution < 1.29 is 38.5 Å². The Morgan fingerprint density at radius 3 is 2.04 bits per heavy atom. The van der Waals surface area contributed by atoms with Crippen LogP contribution in [0, 0.1) is 27.7 Å². The lowest BCUT2D eigenvalue weighted by Gasteiger charge is -2.35. The molecule has 1 atom stereocenters. The monoisotopic (exact) mass is 1430 g/mol. The molecule has 4 heterocycles. The lowest BCUT2D eigenvalue weighted by atomic mass is 9.90. The van der Waals surface area contributed by atoms with Crippen molar-refractivity contribution >= 4 is 108 Å². The summed E-state index contributed by atoms with van der Waals surface area (Å²) in [5.41, 5.74) is 17.0. The van der Waals surface area contributed by atoms with E-state index in [0.717, 1.165) is 95.7 Å². The fourth-order valence-electron chi connectivity index (χ4n) is 12.4. The summed E-state index contributed by atoms with van der Waals surface area (Å²) in [5.74, 6) is 2.83. The van der Waals surface area contributed by atoms with Crippen LogP contribution in [0.25, 0.3) is 38.6 Å². The number of imidazole rings is 1. The van der Waals surface area contributed by atoms with E-state index in [2.05, 4.69) is 78.8 Å². The normalized spacial score (nSPS) is 12.7. The van der Waals surface area contributed by atoms with Crippen molar-refractivity contribution in [1.29, 1.82) is 0 Å². The molecule has 0 saturated heterocycles. The van der Waals surface area contributed by atoms with Crippen molar-refractivity contribution in [2.45, 2.75) is 53.7 Å². The lowest BCUT2D eigenvalue weighted by Crippen LogP contribution is -2.39. The standard InChI is InChI=1S/C28H26N2O4.C19H17BrN2O.C19H14N2O2.C16H11Cl2NO/c1-19-7-3-4-8-23(19)29-26-14-12-21(16-28(26)33-2)20-11-13-24(22(15-20)17-31)30-25-9-5-6-10-27(25)34-18-32;1-12(23)22-10-9-15-16-11-14(20)7-8-17(16)21-18(15)19(22)13-5-3-2-4-6-13;1-11-7-9-13(10-8-11)21-12(2)20-16-17(21)19(23)15-6-4-3-5-14(15)18(16)22;1-10-5-6-15(13(18)9-10)20-14-7-8-19-16-11(14)3-2-4-12(16)17/h3-16,18,29-31H,17H2,1-2H3;2-8,11,19,21H,9-10H2,1H3;3-10H,1-2H3;2-9H,1H3. The number of rotatable bonds is 13. The number of H-pyrrole nitrogens is 1. The molecule has 100 heavy (non-hydrogen) atoms. The number of aromatic amines is 1. The number of carbonyl (C=O) groups excluding carboxylic acids is 4. The molecule has 2 aliphatic rings. The highest BCUT2D eigenvalue weighted by atomic mass is 79.9. The summed E-state index contributed by atoms with van der Waals surface area (Å²) in [6.07, 6.45) is 2.56. The number of hydrogen-bond acceptors (Lipinski definition) is 12. The Labute approximate surface area is 597 Å². The molecule has 0 saturated carbocycles. The molecule has 500 valence electrons. The number of aliphatic hydroxyl groups excluding tert-OH is 1. The van der Waals surface area contributed by atoms with Gasteiger partial charge in [0, 0.05) is 79.9 Å². The summed E-state index contributed by atoms with van der Waals surface area (Å²) in [5, 5.41) is 20.0. The summed E-state index contributed by atoms with van der Waals surface area (Å²) in [6, 6.07) is 71.3.